The number of aromatic nitrogens is 2. The van der Waals surface area contributed by atoms with Crippen LogP contribution < -0.4 is 10.2 Å². The molecule has 2 aromatic carbocycles. The predicted molar refractivity (Wildman–Crippen MR) is 125 cm³/mol. The zero-order chi connectivity index (χ0) is 21.6. The van der Waals surface area contributed by atoms with Gasteiger partial charge in [-0.05, 0) is 48.4 Å². The number of nitrogens with one attached hydrogen (secondary N) is 1. The molecular weight excluding hydrogens is 384 g/mol. The molecule has 1 unspecified atom stereocenters. The summed E-state index contributed by atoms with van der Waals surface area (Å²) in [6.07, 6.45) is 7.20. The van der Waals surface area contributed by atoms with Gasteiger partial charge in [-0.15, -0.1) is 0 Å². The predicted octanol–water partition coefficient (Wildman–Crippen LogP) is 6.00. The van der Waals surface area contributed by atoms with E-state index in [0.717, 1.165) is 33.8 Å². The summed E-state index contributed by atoms with van der Waals surface area (Å²) >= 11 is 0. The SMILES string of the molecule is CC(=O)Nc1cccc(-c2ccccc2)c1C(C)N(c1cccnc1)c1cccnc1. The first-order valence-corrected chi connectivity index (χ1v) is 10.2. The smallest absolute Gasteiger partial charge is 0.221 e. The summed E-state index contributed by atoms with van der Waals surface area (Å²) in [5.41, 5.74) is 5.86. The molecule has 2 heterocycles. The van der Waals surface area contributed by atoms with Gasteiger partial charge < -0.3 is 10.2 Å². The van der Waals surface area contributed by atoms with Gasteiger partial charge in [0.2, 0.25) is 5.91 Å². The van der Waals surface area contributed by atoms with E-state index in [0.29, 0.717) is 0 Å². The van der Waals surface area contributed by atoms with Crippen molar-refractivity contribution < 1.29 is 4.79 Å². The highest BCUT2D eigenvalue weighted by molar-refractivity contribution is 5.92. The van der Waals surface area contributed by atoms with Gasteiger partial charge in [0.25, 0.3) is 0 Å². The van der Waals surface area contributed by atoms with Crippen molar-refractivity contribution >= 4 is 23.0 Å². The second-order valence-electron chi connectivity index (χ2n) is 7.28. The van der Waals surface area contributed by atoms with Crippen molar-refractivity contribution in [3.8, 4) is 11.1 Å². The maximum Gasteiger partial charge on any atom is 0.221 e. The third-order valence-electron chi connectivity index (χ3n) is 5.15. The molecule has 5 nitrogen and oxygen atoms in total. The highest BCUT2D eigenvalue weighted by Gasteiger charge is 2.25. The summed E-state index contributed by atoms with van der Waals surface area (Å²) in [6, 6.07) is 24.0. The lowest BCUT2D eigenvalue weighted by Crippen LogP contribution is -2.24. The number of amides is 1. The van der Waals surface area contributed by atoms with Gasteiger partial charge in [0, 0.05) is 30.6 Å². The Morgan fingerprint density at radius 2 is 1.48 bits per heavy atom. The second kappa shape index (κ2) is 9.22. The number of rotatable bonds is 6. The molecule has 1 N–H and O–H groups in total. The average Bonchev–Trinajstić information content (AvgIpc) is 2.80. The number of hydrogen-bond donors (Lipinski definition) is 1. The van der Waals surface area contributed by atoms with Crippen LogP contribution >= 0.6 is 0 Å². The zero-order valence-corrected chi connectivity index (χ0v) is 17.6. The van der Waals surface area contributed by atoms with E-state index in [1.165, 1.54) is 6.92 Å². The van der Waals surface area contributed by atoms with Crippen LogP contribution in [0, 0.1) is 0 Å². The molecule has 0 aliphatic rings. The van der Waals surface area contributed by atoms with Gasteiger partial charge in [0.15, 0.2) is 0 Å². The van der Waals surface area contributed by atoms with E-state index >= 15 is 0 Å². The molecule has 31 heavy (non-hydrogen) atoms. The van der Waals surface area contributed by atoms with Crippen LogP contribution in [-0.2, 0) is 4.79 Å². The standard InChI is InChI=1S/C26H24N4O/c1-19(30(22-11-7-15-27-17-22)23-12-8-16-28-18-23)26-24(21-9-4-3-5-10-21)13-6-14-25(26)29-20(2)31/h3-19H,1-2H3,(H,29,31). The number of pyridine rings is 2. The molecule has 0 saturated carbocycles. The fourth-order valence-electron chi connectivity index (χ4n) is 3.90. The lowest BCUT2D eigenvalue weighted by atomic mass is 9.92. The van der Waals surface area contributed by atoms with Crippen LogP contribution in [0.3, 0.4) is 0 Å². The van der Waals surface area contributed by atoms with Crippen molar-refractivity contribution in [2.24, 2.45) is 0 Å². The van der Waals surface area contributed by atoms with Crippen molar-refractivity contribution in [1.82, 2.24) is 9.97 Å². The van der Waals surface area contributed by atoms with Crippen LogP contribution in [0.5, 0.6) is 0 Å². The maximum atomic E-state index is 12.0. The van der Waals surface area contributed by atoms with E-state index in [1.54, 1.807) is 12.4 Å². The molecule has 1 atom stereocenters. The van der Waals surface area contributed by atoms with Gasteiger partial charge in [-0.1, -0.05) is 42.5 Å². The minimum absolute atomic E-state index is 0.104. The minimum Gasteiger partial charge on any atom is -0.332 e. The van der Waals surface area contributed by atoms with Gasteiger partial charge in [-0.25, -0.2) is 0 Å². The summed E-state index contributed by atoms with van der Waals surface area (Å²) in [5.74, 6) is -0.104. The molecule has 0 aliphatic carbocycles. The van der Waals surface area contributed by atoms with E-state index in [-0.39, 0.29) is 11.9 Å². The third-order valence-corrected chi connectivity index (χ3v) is 5.15. The Morgan fingerprint density at radius 3 is 2.03 bits per heavy atom. The van der Waals surface area contributed by atoms with E-state index in [4.69, 9.17) is 0 Å². The summed E-state index contributed by atoms with van der Waals surface area (Å²) in [7, 11) is 0. The van der Waals surface area contributed by atoms with Crippen LogP contribution in [0.4, 0.5) is 17.1 Å². The number of anilines is 3. The summed E-state index contributed by atoms with van der Waals surface area (Å²) < 4.78 is 0. The summed E-state index contributed by atoms with van der Waals surface area (Å²) in [5, 5.41) is 3.03. The van der Waals surface area contributed by atoms with E-state index in [1.807, 2.05) is 67.0 Å². The molecule has 2 aromatic heterocycles. The normalized spacial score (nSPS) is 11.5. The van der Waals surface area contributed by atoms with Gasteiger partial charge in [0.05, 0.1) is 29.8 Å². The first kappa shape index (κ1) is 20.3. The van der Waals surface area contributed by atoms with Crippen LogP contribution in [0.1, 0.15) is 25.5 Å². The van der Waals surface area contributed by atoms with Crippen molar-refractivity contribution in [3.05, 3.63) is 103 Å². The Labute approximate surface area is 182 Å². The number of carbonyl (C=O) groups excluding carboxylic acids is 1. The van der Waals surface area contributed by atoms with Gasteiger partial charge in [-0.3, -0.25) is 14.8 Å². The summed E-state index contributed by atoms with van der Waals surface area (Å²) in [6.45, 7) is 3.66. The topological polar surface area (TPSA) is 58.1 Å². The Hall–Kier alpha value is -3.99. The molecule has 0 bridgehead atoms. The molecule has 4 aromatic rings. The van der Waals surface area contributed by atoms with Crippen molar-refractivity contribution in [3.63, 3.8) is 0 Å². The largest absolute Gasteiger partial charge is 0.332 e. The Kier molecular flexibility index (Phi) is 6.03. The van der Waals surface area contributed by atoms with Gasteiger partial charge >= 0.3 is 0 Å². The Morgan fingerprint density at radius 1 is 0.839 bits per heavy atom. The minimum atomic E-state index is -0.119. The van der Waals surface area contributed by atoms with Crippen LogP contribution in [0.2, 0.25) is 0 Å². The molecule has 4 rings (SSSR count). The van der Waals surface area contributed by atoms with Crippen LogP contribution in [0.15, 0.2) is 97.6 Å². The van der Waals surface area contributed by atoms with E-state index < -0.39 is 0 Å². The van der Waals surface area contributed by atoms with Crippen molar-refractivity contribution in [1.29, 1.82) is 0 Å². The Bertz CT molecular complexity index is 1110. The number of carbonyl (C=O) groups is 1. The quantitative estimate of drug-likeness (QED) is 0.425. The molecule has 0 radical (unpaired) electrons. The highest BCUT2D eigenvalue weighted by Crippen LogP contribution is 2.41. The number of nitrogens with zero attached hydrogens (tertiary/aromatic N) is 3. The molecule has 0 saturated heterocycles. The molecular formula is C26H24N4O. The molecule has 5 heteroatoms. The lowest BCUT2D eigenvalue weighted by molar-refractivity contribution is -0.114. The third kappa shape index (κ3) is 4.46. The second-order valence-corrected chi connectivity index (χ2v) is 7.28. The van der Waals surface area contributed by atoms with Crippen molar-refractivity contribution in [2.45, 2.75) is 19.9 Å². The van der Waals surface area contributed by atoms with Gasteiger partial charge in [-0.2, -0.15) is 0 Å². The highest BCUT2D eigenvalue weighted by atomic mass is 16.1. The molecule has 1 amide bonds. The molecule has 0 spiro atoms. The van der Waals surface area contributed by atoms with Crippen LogP contribution in [0.25, 0.3) is 11.1 Å². The van der Waals surface area contributed by atoms with Crippen molar-refractivity contribution in [2.75, 3.05) is 10.2 Å². The number of hydrogen-bond acceptors (Lipinski definition) is 4. The monoisotopic (exact) mass is 408 g/mol. The molecule has 0 aliphatic heterocycles. The zero-order valence-electron chi connectivity index (χ0n) is 17.6. The van der Waals surface area contributed by atoms with E-state index in [9.17, 15) is 4.79 Å². The average molecular weight is 409 g/mol. The lowest BCUT2D eigenvalue weighted by Gasteiger charge is -2.33. The number of benzene rings is 2. The fraction of sp³-hybridized carbons (Fsp3) is 0.115. The molecule has 154 valence electrons. The maximum absolute atomic E-state index is 12.0. The van der Waals surface area contributed by atoms with Crippen LogP contribution in [-0.4, -0.2) is 15.9 Å². The van der Waals surface area contributed by atoms with Gasteiger partial charge in [0.1, 0.15) is 0 Å². The first-order chi connectivity index (χ1) is 15.1. The first-order valence-electron chi connectivity index (χ1n) is 10.2. The summed E-state index contributed by atoms with van der Waals surface area (Å²) in [4.78, 5) is 22.8. The Balaban J connectivity index is 1.92. The van der Waals surface area contributed by atoms with E-state index in [2.05, 4.69) is 45.3 Å². The molecule has 0 fully saturated rings. The fourth-order valence-corrected chi connectivity index (χ4v) is 3.90.